The van der Waals surface area contributed by atoms with Gasteiger partial charge in [0.1, 0.15) is 17.3 Å². The van der Waals surface area contributed by atoms with Crippen LogP contribution in [0.1, 0.15) is 11.1 Å². The number of hydrogen-bond donors (Lipinski definition) is 0. The van der Waals surface area contributed by atoms with Gasteiger partial charge in [0.2, 0.25) is 0 Å². The summed E-state index contributed by atoms with van der Waals surface area (Å²) in [5.74, 6) is 1.35. The van der Waals surface area contributed by atoms with Crippen molar-refractivity contribution in [2.75, 3.05) is 26.2 Å². The summed E-state index contributed by atoms with van der Waals surface area (Å²) < 4.78 is 29.6. The maximum absolute atomic E-state index is 13.5. The van der Waals surface area contributed by atoms with E-state index in [1.54, 1.807) is 51.7 Å². The molecular weight excluding hydrogens is 411 g/mol. The second-order valence-electron chi connectivity index (χ2n) is 6.90. The lowest BCUT2D eigenvalue weighted by atomic mass is 10.1. The molecule has 1 amide bonds. The number of para-hydroxylation sites is 1. The first kappa shape index (κ1) is 21.1. The first-order chi connectivity index (χ1) is 15.5. The number of hydrogen-bond acceptors (Lipinski definition) is 5. The van der Waals surface area contributed by atoms with E-state index in [2.05, 4.69) is 4.99 Å². The van der Waals surface area contributed by atoms with Crippen LogP contribution in [0, 0.1) is 5.82 Å². The lowest BCUT2D eigenvalue weighted by Gasteiger charge is -2.19. The Labute approximate surface area is 185 Å². The number of halogens is 1. The predicted octanol–water partition coefficient (Wildman–Crippen LogP) is 4.69. The van der Waals surface area contributed by atoms with E-state index in [1.807, 2.05) is 18.2 Å². The van der Waals surface area contributed by atoms with Crippen molar-refractivity contribution in [3.05, 3.63) is 89.4 Å². The molecule has 32 heavy (non-hydrogen) atoms. The molecule has 1 heterocycles. The van der Waals surface area contributed by atoms with Crippen molar-refractivity contribution in [2.24, 2.45) is 4.99 Å². The Morgan fingerprint density at radius 1 is 0.844 bits per heavy atom. The summed E-state index contributed by atoms with van der Waals surface area (Å²) in [5.41, 5.74) is 2.08. The largest absolute Gasteiger partial charge is 0.496 e. The number of benzene rings is 3. The number of methoxy groups -OCH3 is 3. The molecule has 0 unspecified atom stereocenters. The summed E-state index contributed by atoms with van der Waals surface area (Å²) in [6, 6.07) is 18.3. The Kier molecular flexibility index (Phi) is 5.89. The molecule has 0 saturated heterocycles. The zero-order chi connectivity index (χ0) is 22.7. The number of carbonyl (C=O) groups is 1. The topological polar surface area (TPSA) is 60.4 Å². The lowest BCUT2D eigenvalue weighted by Crippen LogP contribution is -2.32. The Hall–Kier alpha value is -4.13. The first-order valence-electron chi connectivity index (χ1n) is 9.81. The van der Waals surface area contributed by atoms with Gasteiger partial charge in [-0.3, -0.25) is 9.69 Å². The highest BCUT2D eigenvalue weighted by molar-refractivity contribution is 6.33. The monoisotopic (exact) mass is 432 g/mol. The third-order valence-corrected chi connectivity index (χ3v) is 5.00. The Morgan fingerprint density at radius 3 is 2.22 bits per heavy atom. The molecule has 4 rings (SSSR count). The molecule has 0 radical (unpaired) electrons. The maximum atomic E-state index is 13.5. The molecule has 0 bridgehead atoms. The number of aliphatic imine (C=N–C) groups is 1. The predicted molar refractivity (Wildman–Crippen MR) is 121 cm³/mol. The third kappa shape index (κ3) is 3.92. The SMILES string of the molecule is COc1ccc(/C=C2/N=C(c3ccccc3OC)N(c3ccc(F)cc3)C2=O)cc1OC. The lowest BCUT2D eigenvalue weighted by molar-refractivity contribution is -0.113. The minimum Gasteiger partial charge on any atom is -0.496 e. The Balaban J connectivity index is 1.84. The fourth-order valence-electron chi connectivity index (χ4n) is 3.46. The summed E-state index contributed by atoms with van der Waals surface area (Å²) in [7, 11) is 4.66. The van der Waals surface area contributed by atoms with Crippen LogP contribution < -0.4 is 19.1 Å². The second-order valence-corrected chi connectivity index (χ2v) is 6.90. The molecular formula is C25H21FN2O4. The van der Waals surface area contributed by atoms with E-state index in [9.17, 15) is 9.18 Å². The normalized spacial score (nSPS) is 14.5. The molecule has 0 aliphatic carbocycles. The molecule has 162 valence electrons. The number of rotatable bonds is 6. The van der Waals surface area contributed by atoms with Gasteiger partial charge in [-0.05, 0) is 60.2 Å². The summed E-state index contributed by atoms with van der Waals surface area (Å²) in [4.78, 5) is 19.5. The molecule has 0 fully saturated rings. The molecule has 0 N–H and O–H groups in total. The molecule has 6 nitrogen and oxygen atoms in total. The van der Waals surface area contributed by atoms with Gasteiger partial charge >= 0.3 is 0 Å². The highest BCUT2D eigenvalue weighted by Crippen LogP contribution is 2.33. The molecule has 1 aliphatic heterocycles. The van der Waals surface area contributed by atoms with Crippen molar-refractivity contribution in [3.63, 3.8) is 0 Å². The average molecular weight is 432 g/mol. The van der Waals surface area contributed by atoms with E-state index in [0.717, 1.165) is 5.56 Å². The zero-order valence-electron chi connectivity index (χ0n) is 17.8. The number of nitrogens with zero attached hydrogens (tertiary/aromatic N) is 2. The minimum absolute atomic E-state index is 0.224. The summed E-state index contributed by atoms with van der Waals surface area (Å²) in [5, 5.41) is 0. The van der Waals surface area contributed by atoms with Crippen LogP contribution in [0.5, 0.6) is 17.2 Å². The van der Waals surface area contributed by atoms with Crippen molar-refractivity contribution >= 4 is 23.5 Å². The number of amides is 1. The van der Waals surface area contributed by atoms with Crippen LogP contribution >= 0.6 is 0 Å². The number of amidine groups is 1. The van der Waals surface area contributed by atoms with Crippen molar-refractivity contribution < 1.29 is 23.4 Å². The smallest absolute Gasteiger partial charge is 0.282 e. The molecule has 7 heteroatoms. The molecule has 0 saturated carbocycles. The van der Waals surface area contributed by atoms with Gasteiger partial charge in [0.25, 0.3) is 5.91 Å². The van der Waals surface area contributed by atoms with Gasteiger partial charge < -0.3 is 14.2 Å². The van der Waals surface area contributed by atoms with Crippen molar-refractivity contribution in [3.8, 4) is 17.2 Å². The van der Waals surface area contributed by atoms with E-state index in [-0.39, 0.29) is 11.6 Å². The van der Waals surface area contributed by atoms with Gasteiger partial charge in [-0.15, -0.1) is 0 Å². The highest BCUT2D eigenvalue weighted by Gasteiger charge is 2.33. The Bertz CT molecular complexity index is 1220. The van der Waals surface area contributed by atoms with E-state index >= 15 is 0 Å². The fraction of sp³-hybridized carbons (Fsp3) is 0.120. The highest BCUT2D eigenvalue weighted by atomic mass is 19.1. The average Bonchev–Trinajstić information content (AvgIpc) is 3.15. The van der Waals surface area contributed by atoms with Gasteiger partial charge in [0.15, 0.2) is 17.3 Å². The minimum atomic E-state index is -0.391. The zero-order valence-corrected chi connectivity index (χ0v) is 17.8. The molecule has 3 aromatic rings. The van der Waals surface area contributed by atoms with E-state index < -0.39 is 5.82 Å². The summed E-state index contributed by atoms with van der Waals surface area (Å²) in [6.45, 7) is 0. The second kappa shape index (κ2) is 8.93. The standard InChI is InChI=1S/C25H21FN2O4/c1-30-21-7-5-4-6-19(21)24-27-20(14-16-8-13-22(31-2)23(15-16)32-3)25(29)28(24)18-11-9-17(26)10-12-18/h4-15H,1-3H3/b20-14+. The van der Waals surface area contributed by atoms with E-state index in [1.165, 1.54) is 29.2 Å². The van der Waals surface area contributed by atoms with E-state index in [0.29, 0.717) is 34.3 Å². The van der Waals surface area contributed by atoms with Gasteiger partial charge in [0, 0.05) is 0 Å². The molecule has 0 spiro atoms. The van der Waals surface area contributed by atoms with E-state index in [4.69, 9.17) is 14.2 Å². The van der Waals surface area contributed by atoms with Crippen LogP contribution in [-0.4, -0.2) is 33.1 Å². The fourth-order valence-corrected chi connectivity index (χ4v) is 3.46. The number of carbonyl (C=O) groups excluding carboxylic acids is 1. The first-order valence-corrected chi connectivity index (χ1v) is 9.81. The van der Waals surface area contributed by atoms with Crippen LogP contribution in [0.15, 0.2) is 77.4 Å². The van der Waals surface area contributed by atoms with Crippen LogP contribution in [0.25, 0.3) is 6.08 Å². The molecule has 3 aromatic carbocycles. The van der Waals surface area contributed by atoms with Gasteiger partial charge in [-0.2, -0.15) is 0 Å². The van der Waals surface area contributed by atoms with Crippen molar-refractivity contribution in [2.45, 2.75) is 0 Å². The maximum Gasteiger partial charge on any atom is 0.282 e. The molecule has 1 aliphatic rings. The number of ether oxygens (including phenoxy) is 3. The summed E-state index contributed by atoms with van der Waals surface area (Å²) >= 11 is 0. The number of anilines is 1. The van der Waals surface area contributed by atoms with Crippen LogP contribution in [0.4, 0.5) is 10.1 Å². The summed E-state index contributed by atoms with van der Waals surface area (Å²) in [6.07, 6.45) is 1.67. The Morgan fingerprint density at radius 2 is 1.53 bits per heavy atom. The van der Waals surface area contributed by atoms with Crippen LogP contribution in [-0.2, 0) is 4.79 Å². The van der Waals surface area contributed by atoms with Crippen LogP contribution in [0.2, 0.25) is 0 Å². The molecule has 0 atom stereocenters. The van der Waals surface area contributed by atoms with Gasteiger partial charge in [-0.25, -0.2) is 9.38 Å². The van der Waals surface area contributed by atoms with Crippen molar-refractivity contribution in [1.29, 1.82) is 0 Å². The van der Waals surface area contributed by atoms with Gasteiger partial charge in [0.05, 0.1) is 32.6 Å². The third-order valence-electron chi connectivity index (χ3n) is 5.00. The quantitative estimate of drug-likeness (QED) is 0.531. The molecule has 0 aromatic heterocycles. The van der Waals surface area contributed by atoms with Crippen molar-refractivity contribution in [1.82, 2.24) is 0 Å². The van der Waals surface area contributed by atoms with Gasteiger partial charge in [-0.1, -0.05) is 18.2 Å². The van der Waals surface area contributed by atoms with Crippen LogP contribution in [0.3, 0.4) is 0 Å².